The van der Waals surface area contributed by atoms with Gasteiger partial charge in [-0.25, -0.2) is 0 Å². The van der Waals surface area contributed by atoms with E-state index in [0.29, 0.717) is 0 Å². The van der Waals surface area contributed by atoms with Gasteiger partial charge in [0, 0.05) is 5.19 Å². The molecule has 1 fully saturated rings. The first-order chi connectivity index (χ1) is 9.43. The van der Waals surface area contributed by atoms with Crippen LogP contribution in [0.25, 0.3) is 0 Å². The molecule has 2 rings (SSSR count). The van der Waals surface area contributed by atoms with Crippen LogP contribution in [-0.4, -0.2) is 31.5 Å². The lowest BCUT2D eigenvalue weighted by atomic mass is 10.4. The van der Waals surface area contributed by atoms with Gasteiger partial charge in [-0.05, 0) is 32.7 Å². The maximum absolute atomic E-state index is 6.43. The zero-order valence-electron chi connectivity index (χ0n) is 12.8. The molecule has 0 unspecified atom stereocenters. The van der Waals surface area contributed by atoms with E-state index >= 15 is 0 Å². The van der Waals surface area contributed by atoms with Gasteiger partial charge in [0.2, 0.25) is 0 Å². The summed E-state index contributed by atoms with van der Waals surface area (Å²) in [5.41, 5.74) is 0. The van der Waals surface area contributed by atoms with Crippen LogP contribution in [0, 0.1) is 0 Å². The average molecular weight is 488 g/mol. The molecule has 0 aliphatic carbocycles. The Bertz CT molecular complexity index is 490. The van der Waals surface area contributed by atoms with Crippen molar-refractivity contribution in [2.24, 2.45) is 0 Å². The van der Waals surface area contributed by atoms with Crippen molar-refractivity contribution in [3.05, 3.63) is 30.3 Å². The highest BCUT2D eigenvalue weighted by molar-refractivity contribution is 9.26. The van der Waals surface area contributed by atoms with Crippen molar-refractivity contribution in [2.75, 3.05) is 0 Å². The van der Waals surface area contributed by atoms with Gasteiger partial charge in [-0.3, -0.25) is 0 Å². The van der Waals surface area contributed by atoms with Crippen LogP contribution in [0.5, 0.6) is 0 Å². The first kappa shape index (κ1) is 18.2. The highest BCUT2D eigenvalue weighted by atomic mass is 79.9. The van der Waals surface area contributed by atoms with Crippen LogP contribution in [-0.2, 0) is 16.5 Å². The third-order valence-electron chi connectivity index (χ3n) is 2.73. The molecular formula is C11H20Br2O4Si4. The summed E-state index contributed by atoms with van der Waals surface area (Å²) in [5, 5.41) is 1.04. The molecule has 1 aromatic rings. The normalized spacial score (nSPS) is 35.8. The summed E-state index contributed by atoms with van der Waals surface area (Å²) in [4.78, 5) is 0. The van der Waals surface area contributed by atoms with Gasteiger partial charge in [-0.15, -0.1) is 0 Å². The quantitative estimate of drug-likeness (QED) is 0.447. The van der Waals surface area contributed by atoms with E-state index in [9.17, 15) is 0 Å². The molecule has 1 aliphatic rings. The third-order valence-corrected chi connectivity index (χ3v) is 23.8. The molecule has 1 aromatic carbocycles. The Hall–Kier alpha value is 0.888. The summed E-state index contributed by atoms with van der Waals surface area (Å²) in [6.07, 6.45) is 0. The Morgan fingerprint density at radius 3 is 1.57 bits per heavy atom. The number of benzene rings is 1. The molecule has 10 heteroatoms. The molecule has 21 heavy (non-hydrogen) atoms. The zero-order chi connectivity index (χ0) is 15.9. The van der Waals surface area contributed by atoms with Gasteiger partial charge in [0.25, 0.3) is 0 Å². The second kappa shape index (κ2) is 6.07. The number of hydrogen-bond donors (Lipinski definition) is 0. The van der Waals surface area contributed by atoms with Crippen molar-refractivity contribution >= 4 is 67.3 Å². The van der Waals surface area contributed by atoms with Crippen LogP contribution in [0.4, 0.5) is 0 Å². The Morgan fingerprint density at radius 1 is 0.714 bits per heavy atom. The highest BCUT2D eigenvalue weighted by Gasteiger charge is 2.55. The molecule has 0 aromatic heterocycles. The first-order valence-electron chi connectivity index (χ1n) is 6.67. The van der Waals surface area contributed by atoms with E-state index in [1.807, 2.05) is 63.1 Å². The maximum Gasteiger partial charge on any atom is 0.431 e. The molecule has 0 N–H and O–H groups in total. The molecule has 4 nitrogen and oxygen atoms in total. The number of hydrogen-bond acceptors (Lipinski definition) is 4. The van der Waals surface area contributed by atoms with E-state index in [1.54, 1.807) is 0 Å². The zero-order valence-corrected chi connectivity index (χ0v) is 19.9. The molecule has 1 saturated heterocycles. The molecule has 1 heterocycles. The number of halogens is 2. The van der Waals surface area contributed by atoms with E-state index in [0.717, 1.165) is 5.19 Å². The van der Waals surface area contributed by atoms with Gasteiger partial charge in [0.15, 0.2) is 0 Å². The Morgan fingerprint density at radius 2 is 1.14 bits per heavy atom. The van der Waals surface area contributed by atoms with E-state index < -0.39 is 31.5 Å². The SMILES string of the molecule is C[Si]1(C)O[Si](C)(Br)O[Si](C)(C)O[Si](Br)(c2ccccc2)O1. The fourth-order valence-corrected chi connectivity index (χ4v) is 33.0. The van der Waals surface area contributed by atoms with Crippen LogP contribution >= 0.6 is 30.6 Å². The summed E-state index contributed by atoms with van der Waals surface area (Å²) in [5.74, 6) is 0. The molecule has 0 saturated carbocycles. The van der Waals surface area contributed by atoms with Crippen molar-refractivity contribution in [1.29, 1.82) is 0 Å². The van der Waals surface area contributed by atoms with E-state index in [4.69, 9.17) is 16.5 Å². The third kappa shape index (κ3) is 4.93. The lowest BCUT2D eigenvalue weighted by Gasteiger charge is -2.45. The van der Waals surface area contributed by atoms with Gasteiger partial charge in [-0.2, -0.15) is 0 Å². The van der Waals surface area contributed by atoms with Gasteiger partial charge in [0.1, 0.15) is 0 Å². The van der Waals surface area contributed by atoms with Crippen molar-refractivity contribution in [1.82, 2.24) is 0 Å². The molecule has 1 aliphatic heterocycles. The minimum absolute atomic E-state index is 1.04. The van der Waals surface area contributed by atoms with Crippen molar-refractivity contribution in [3.8, 4) is 0 Å². The van der Waals surface area contributed by atoms with Crippen molar-refractivity contribution in [3.63, 3.8) is 0 Å². The highest BCUT2D eigenvalue weighted by Crippen LogP contribution is 2.35. The largest absolute Gasteiger partial charge is 0.431 e. The Balaban J connectivity index is 2.42. The monoisotopic (exact) mass is 486 g/mol. The minimum Gasteiger partial charge on any atom is -0.408 e. The summed E-state index contributed by atoms with van der Waals surface area (Å²) in [7, 11) is -9.94. The fraction of sp³-hybridized carbons (Fsp3) is 0.455. The molecule has 118 valence electrons. The summed E-state index contributed by atoms with van der Waals surface area (Å²) in [6, 6.07) is 10.0. The van der Waals surface area contributed by atoms with Gasteiger partial charge >= 0.3 is 31.5 Å². The molecule has 0 atom stereocenters. The summed E-state index contributed by atoms with van der Waals surface area (Å²) < 4.78 is 25.3. The maximum atomic E-state index is 6.43. The lowest BCUT2D eigenvalue weighted by Crippen LogP contribution is -2.67. The smallest absolute Gasteiger partial charge is 0.408 e. The second-order valence-electron chi connectivity index (χ2n) is 5.95. The van der Waals surface area contributed by atoms with Crippen LogP contribution in [0.2, 0.25) is 32.7 Å². The van der Waals surface area contributed by atoms with Crippen molar-refractivity contribution in [2.45, 2.75) is 32.7 Å². The molecule has 0 spiro atoms. The predicted molar refractivity (Wildman–Crippen MR) is 101 cm³/mol. The van der Waals surface area contributed by atoms with Crippen LogP contribution in [0.15, 0.2) is 30.3 Å². The predicted octanol–water partition coefficient (Wildman–Crippen LogP) is 3.67. The van der Waals surface area contributed by atoms with E-state index in [1.165, 1.54) is 0 Å². The van der Waals surface area contributed by atoms with Crippen LogP contribution in [0.3, 0.4) is 0 Å². The summed E-state index contributed by atoms with van der Waals surface area (Å²) in [6.45, 7) is 10.1. The molecule has 0 amide bonds. The summed E-state index contributed by atoms with van der Waals surface area (Å²) >= 11 is 7.41. The fourth-order valence-electron chi connectivity index (χ4n) is 2.35. The van der Waals surface area contributed by atoms with Gasteiger partial charge < -0.3 is 16.5 Å². The topological polar surface area (TPSA) is 36.9 Å². The molecule has 0 radical (unpaired) electrons. The molecular weight excluding hydrogens is 468 g/mol. The van der Waals surface area contributed by atoms with Gasteiger partial charge in [0.05, 0.1) is 0 Å². The van der Waals surface area contributed by atoms with Crippen molar-refractivity contribution < 1.29 is 16.5 Å². The average Bonchev–Trinajstić information content (AvgIpc) is 2.23. The van der Waals surface area contributed by atoms with Crippen LogP contribution in [0.1, 0.15) is 0 Å². The molecule has 0 bridgehead atoms. The first-order valence-corrected chi connectivity index (χ1v) is 21.0. The second-order valence-corrected chi connectivity index (χ2v) is 25.6. The minimum atomic E-state index is -2.74. The number of rotatable bonds is 1. The standard InChI is InChI=1S/C11H20Br2O4Si4/c1-18(2)14-20(5,12)15-19(3,4)17-21(13,16-18)11-9-7-6-8-10-11/h6-10H,1-5H3. The lowest BCUT2D eigenvalue weighted by molar-refractivity contribution is 0.262. The van der Waals surface area contributed by atoms with E-state index in [-0.39, 0.29) is 0 Å². The van der Waals surface area contributed by atoms with Crippen LogP contribution < -0.4 is 5.19 Å². The Labute approximate surface area is 146 Å². The van der Waals surface area contributed by atoms with Gasteiger partial charge in [-0.1, -0.05) is 60.9 Å². The Kier molecular flexibility index (Phi) is 5.27. The van der Waals surface area contributed by atoms with E-state index in [2.05, 4.69) is 30.6 Å².